The summed E-state index contributed by atoms with van der Waals surface area (Å²) in [6, 6.07) is 5.38. The van der Waals surface area contributed by atoms with Crippen molar-refractivity contribution in [2.24, 2.45) is 5.41 Å². The second kappa shape index (κ2) is 5.78. The second-order valence-corrected chi connectivity index (χ2v) is 8.22. The number of halogens is 2. The number of carboxylic acid groups (broad SMARTS) is 1. The van der Waals surface area contributed by atoms with E-state index in [1.54, 1.807) is 17.8 Å². The van der Waals surface area contributed by atoms with Crippen molar-refractivity contribution in [3.05, 3.63) is 27.7 Å². The Hall–Kier alpha value is -0.390. The first kappa shape index (κ1) is 16.0. The molecule has 0 aromatic heterocycles. The van der Waals surface area contributed by atoms with Crippen LogP contribution in [0.2, 0.25) is 5.02 Å². The van der Waals surface area contributed by atoms with Crippen molar-refractivity contribution >= 4 is 50.9 Å². The molecule has 0 bridgehead atoms. The lowest BCUT2D eigenvalue weighted by atomic mass is 9.79. The zero-order valence-electron chi connectivity index (χ0n) is 11.4. The standard InChI is InChI=1S/C14H17BrClNO2S/c1-13(2)6-14(12(18)19,8-20-7-13)17-9-3-4-11(16)10(15)5-9/h3-5,17H,6-8H2,1-2H3,(H,18,19). The van der Waals surface area contributed by atoms with Crippen LogP contribution < -0.4 is 5.32 Å². The summed E-state index contributed by atoms with van der Waals surface area (Å²) < 4.78 is 0.757. The van der Waals surface area contributed by atoms with Crippen LogP contribution in [-0.4, -0.2) is 28.1 Å². The molecule has 6 heteroatoms. The van der Waals surface area contributed by atoms with E-state index in [4.69, 9.17) is 11.6 Å². The van der Waals surface area contributed by atoms with Crippen LogP contribution in [0.5, 0.6) is 0 Å². The molecule has 1 heterocycles. The molecule has 2 N–H and O–H groups in total. The molecule has 0 aliphatic carbocycles. The van der Waals surface area contributed by atoms with Crippen molar-refractivity contribution in [3.63, 3.8) is 0 Å². The molecule has 0 radical (unpaired) electrons. The van der Waals surface area contributed by atoms with E-state index in [9.17, 15) is 9.90 Å². The van der Waals surface area contributed by atoms with Crippen LogP contribution in [0.4, 0.5) is 5.69 Å². The molecule has 1 aliphatic rings. The molecule has 1 aromatic carbocycles. The van der Waals surface area contributed by atoms with Gasteiger partial charge in [-0.3, -0.25) is 0 Å². The van der Waals surface area contributed by atoms with Crippen molar-refractivity contribution in [1.82, 2.24) is 0 Å². The third-order valence-electron chi connectivity index (χ3n) is 3.33. The minimum Gasteiger partial charge on any atom is -0.479 e. The Kier molecular flexibility index (Phi) is 4.62. The maximum absolute atomic E-state index is 11.8. The van der Waals surface area contributed by atoms with Crippen molar-refractivity contribution in [2.75, 3.05) is 16.8 Å². The number of carboxylic acids is 1. The number of thioether (sulfide) groups is 1. The molecule has 1 atom stereocenters. The van der Waals surface area contributed by atoms with E-state index in [-0.39, 0.29) is 5.41 Å². The summed E-state index contributed by atoms with van der Waals surface area (Å²) in [5.41, 5.74) is -0.167. The molecule has 2 rings (SSSR count). The molecule has 1 aliphatic heterocycles. The summed E-state index contributed by atoms with van der Waals surface area (Å²) in [4.78, 5) is 11.8. The van der Waals surface area contributed by atoms with Gasteiger partial charge in [0, 0.05) is 15.9 Å². The third kappa shape index (κ3) is 3.43. The molecule has 3 nitrogen and oxygen atoms in total. The molecular formula is C14H17BrClNO2S. The Morgan fingerprint density at radius 2 is 2.15 bits per heavy atom. The van der Waals surface area contributed by atoms with E-state index in [1.807, 2.05) is 12.1 Å². The summed E-state index contributed by atoms with van der Waals surface area (Å²) in [7, 11) is 0. The van der Waals surface area contributed by atoms with Gasteiger partial charge in [-0.2, -0.15) is 11.8 Å². The summed E-state index contributed by atoms with van der Waals surface area (Å²) in [6.07, 6.45) is 0.600. The van der Waals surface area contributed by atoms with Crippen molar-refractivity contribution in [3.8, 4) is 0 Å². The van der Waals surface area contributed by atoms with Gasteiger partial charge in [0.1, 0.15) is 5.54 Å². The van der Waals surface area contributed by atoms with Gasteiger partial charge in [-0.15, -0.1) is 0 Å². The van der Waals surface area contributed by atoms with Crippen LogP contribution >= 0.6 is 39.3 Å². The predicted octanol–water partition coefficient (Wildman–Crippen LogP) is 4.50. The monoisotopic (exact) mass is 377 g/mol. The molecule has 1 aromatic rings. The maximum atomic E-state index is 11.8. The van der Waals surface area contributed by atoms with E-state index in [2.05, 4.69) is 35.1 Å². The fourth-order valence-electron chi connectivity index (χ4n) is 2.54. The summed E-state index contributed by atoms with van der Waals surface area (Å²) in [6.45, 7) is 4.21. The lowest BCUT2D eigenvalue weighted by molar-refractivity contribution is -0.142. The van der Waals surface area contributed by atoms with Crippen LogP contribution in [0.1, 0.15) is 20.3 Å². The van der Waals surface area contributed by atoms with E-state index in [0.717, 1.165) is 15.9 Å². The van der Waals surface area contributed by atoms with Crippen LogP contribution in [0.25, 0.3) is 0 Å². The van der Waals surface area contributed by atoms with Gasteiger partial charge in [-0.1, -0.05) is 25.4 Å². The van der Waals surface area contributed by atoms with E-state index in [1.165, 1.54) is 0 Å². The van der Waals surface area contributed by atoms with E-state index in [0.29, 0.717) is 17.2 Å². The molecule has 0 saturated carbocycles. The molecule has 0 spiro atoms. The highest BCUT2D eigenvalue weighted by molar-refractivity contribution is 9.10. The lowest BCUT2D eigenvalue weighted by Crippen LogP contribution is -2.54. The van der Waals surface area contributed by atoms with Crippen molar-refractivity contribution < 1.29 is 9.90 Å². The maximum Gasteiger partial charge on any atom is 0.330 e. The first-order chi connectivity index (χ1) is 9.24. The molecule has 0 amide bonds. The van der Waals surface area contributed by atoms with Gasteiger partial charge in [0.25, 0.3) is 0 Å². The molecule has 1 saturated heterocycles. The topological polar surface area (TPSA) is 49.3 Å². The minimum atomic E-state index is -0.931. The predicted molar refractivity (Wildman–Crippen MR) is 88.9 cm³/mol. The molecule has 110 valence electrons. The number of nitrogens with one attached hydrogen (secondary N) is 1. The largest absolute Gasteiger partial charge is 0.479 e. The van der Waals surface area contributed by atoms with Gasteiger partial charge in [-0.05, 0) is 51.7 Å². The van der Waals surface area contributed by atoms with Gasteiger partial charge < -0.3 is 10.4 Å². The van der Waals surface area contributed by atoms with Crippen molar-refractivity contribution in [2.45, 2.75) is 25.8 Å². The molecule has 1 fully saturated rings. The zero-order valence-corrected chi connectivity index (χ0v) is 14.5. The molecule has 1 unspecified atom stereocenters. The quantitative estimate of drug-likeness (QED) is 0.813. The first-order valence-corrected chi connectivity index (χ1v) is 8.61. The van der Waals surface area contributed by atoms with E-state index < -0.39 is 11.5 Å². The average molecular weight is 379 g/mol. The SMILES string of the molecule is CC1(C)CSCC(Nc2ccc(Cl)c(Br)c2)(C(=O)O)C1. The summed E-state index contributed by atoms with van der Waals surface area (Å²) >= 11 is 11.0. The van der Waals surface area contributed by atoms with Gasteiger partial charge in [0.2, 0.25) is 0 Å². The van der Waals surface area contributed by atoms with Gasteiger partial charge in [0.15, 0.2) is 0 Å². The van der Waals surface area contributed by atoms with Gasteiger partial charge >= 0.3 is 5.97 Å². The van der Waals surface area contributed by atoms with Crippen molar-refractivity contribution in [1.29, 1.82) is 0 Å². The Balaban J connectivity index is 2.29. The normalized spacial score (nSPS) is 25.2. The van der Waals surface area contributed by atoms with Gasteiger partial charge in [-0.25, -0.2) is 4.79 Å². The van der Waals surface area contributed by atoms with Crippen LogP contribution in [-0.2, 0) is 4.79 Å². The lowest BCUT2D eigenvalue weighted by Gasteiger charge is -2.42. The highest BCUT2D eigenvalue weighted by Gasteiger charge is 2.46. The smallest absolute Gasteiger partial charge is 0.330 e. The number of aliphatic carboxylic acids is 1. The van der Waals surface area contributed by atoms with Gasteiger partial charge in [0.05, 0.1) is 5.02 Å². The summed E-state index contributed by atoms with van der Waals surface area (Å²) in [5, 5.41) is 13.5. The van der Waals surface area contributed by atoms with Crippen LogP contribution in [0.3, 0.4) is 0 Å². The third-order valence-corrected chi connectivity index (χ3v) is 6.23. The number of rotatable bonds is 3. The fraction of sp³-hybridized carbons (Fsp3) is 0.500. The average Bonchev–Trinajstić information content (AvgIpc) is 2.32. The van der Waals surface area contributed by atoms with Crippen LogP contribution in [0.15, 0.2) is 22.7 Å². The molecular weight excluding hydrogens is 362 g/mol. The second-order valence-electron chi connectivity index (χ2n) is 5.97. The number of hydrogen-bond acceptors (Lipinski definition) is 3. The minimum absolute atomic E-state index is 0.00202. The first-order valence-electron chi connectivity index (χ1n) is 6.29. The van der Waals surface area contributed by atoms with E-state index >= 15 is 0 Å². The zero-order chi connectivity index (χ0) is 15.0. The fourth-order valence-corrected chi connectivity index (χ4v) is 4.44. The number of carbonyl (C=O) groups is 1. The molecule has 20 heavy (non-hydrogen) atoms. The Bertz CT molecular complexity index is 538. The Labute approximate surface area is 136 Å². The summed E-state index contributed by atoms with van der Waals surface area (Å²) in [5.74, 6) is 0.740. The highest BCUT2D eigenvalue weighted by atomic mass is 79.9. The number of anilines is 1. The highest BCUT2D eigenvalue weighted by Crippen LogP contribution is 2.41. The number of benzene rings is 1. The van der Waals surface area contributed by atoms with Crippen LogP contribution in [0, 0.1) is 5.41 Å². The Morgan fingerprint density at radius 3 is 2.70 bits per heavy atom. The Morgan fingerprint density at radius 1 is 1.45 bits per heavy atom. The number of hydrogen-bond donors (Lipinski definition) is 2.